The molecule has 0 unspecified atom stereocenters. The van der Waals surface area contributed by atoms with E-state index < -0.39 is 0 Å². The Balaban J connectivity index is 1.49. The molecule has 0 N–H and O–H groups in total. The van der Waals surface area contributed by atoms with Crippen LogP contribution in [-0.2, 0) is 6.54 Å². The molecule has 0 saturated heterocycles. The van der Waals surface area contributed by atoms with Crippen molar-refractivity contribution in [2.24, 2.45) is 5.92 Å². The molecule has 0 aliphatic heterocycles. The zero-order valence-electron chi connectivity index (χ0n) is 21.6. The molecular formula is C33H33N3O. The Kier molecular flexibility index (Phi) is 6.58. The van der Waals surface area contributed by atoms with Gasteiger partial charge in [0.2, 0.25) is 0 Å². The van der Waals surface area contributed by atoms with E-state index >= 15 is 0 Å². The van der Waals surface area contributed by atoms with Crippen molar-refractivity contribution in [1.82, 2.24) is 14.9 Å². The summed E-state index contributed by atoms with van der Waals surface area (Å²) in [7, 11) is 2.22. The molecule has 1 fully saturated rings. The Hall–Kier alpha value is -3.76. The first-order chi connectivity index (χ1) is 18.2. The van der Waals surface area contributed by atoms with Crippen LogP contribution in [0.1, 0.15) is 47.6 Å². The molecule has 6 rings (SSSR count). The molecule has 1 aliphatic rings. The first-order valence-corrected chi connectivity index (χ1v) is 13.3. The fraction of sp³-hybridized carbons (Fsp3) is 0.273. The van der Waals surface area contributed by atoms with Crippen LogP contribution in [0.25, 0.3) is 21.9 Å². The summed E-state index contributed by atoms with van der Waals surface area (Å²) in [5.74, 6) is 1.66. The van der Waals surface area contributed by atoms with E-state index in [0.717, 1.165) is 63.4 Å². The molecular weight excluding hydrogens is 454 g/mol. The molecule has 37 heavy (non-hydrogen) atoms. The third kappa shape index (κ3) is 4.94. The lowest BCUT2D eigenvalue weighted by Gasteiger charge is -2.31. The summed E-state index contributed by atoms with van der Waals surface area (Å²) in [6.45, 7) is 4.04. The molecule has 1 aliphatic carbocycles. The Labute approximate surface area is 219 Å². The lowest BCUT2D eigenvalue weighted by molar-refractivity contribution is 0.195. The predicted molar refractivity (Wildman–Crippen MR) is 151 cm³/mol. The van der Waals surface area contributed by atoms with Gasteiger partial charge in [0.15, 0.2) is 11.4 Å². The zero-order chi connectivity index (χ0) is 25.2. The van der Waals surface area contributed by atoms with Gasteiger partial charge in [0.1, 0.15) is 11.6 Å². The van der Waals surface area contributed by atoms with Crippen LogP contribution in [0, 0.1) is 12.8 Å². The van der Waals surface area contributed by atoms with Gasteiger partial charge < -0.3 is 9.64 Å². The molecule has 4 heteroatoms. The summed E-state index contributed by atoms with van der Waals surface area (Å²) < 4.78 is 7.04. The van der Waals surface area contributed by atoms with Gasteiger partial charge in [-0.15, -0.1) is 0 Å². The minimum Gasteiger partial charge on any atom is -0.478 e. The highest BCUT2D eigenvalue weighted by Crippen LogP contribution is 2.37. The van der Waals surface area contributed by atoms with E-state index in [-0.39, 0.29) is 6.10 Å². The normalized spacial score (nSPS) is 13.9. The largest absolute Gasteiger partial charge is 0.478 e. The van der Waals surface area contributed by atoms with Crippen molar-refractivity contribution in [1.29, 1.82) is 0 Å². The van der Waals surface area contributed by atoms with E-state index in [0.29, 0.717) is 0 Å². The average Bonchev–Trinajstić information content (AvgIpc) is 2.90. The summed E-state index contributed by atoms with van der Waals surface area (Å²) in [5, 5.41) is 2.15. The number of fused-ring (bicyclic) bond motifs is 2. The number of ether oxygens (including phenoxy) is 1. The number of benzene rings is 3. The molecule has 5 aromatic rings. The summed E-state index contributed by atoms with van der Waals surface area (Å²) >= 11 is 0. The Morgan fingerprint density at radius 2 is 1.62 bits per heavy atom. The number of hydrogen-bond donors (Lipinski definition) is 0. The Morgan fingerprint density at radius 3 is 2.27 bits per heavy atom. The van der Waals surface area contributed by atoms with E-state index in [1.165, 1.54) is 24.8 Å². The number of pyridine rings is 2. The van der Waals surface area contributed by atoms with E-state index in [1.54, 1.807) is 0 Å². The molecule has 3 aromatic carbocycles. The lowest BCUT2D eigenvalue weighted by atomic mass is 9.85. The van der Waals surface area contributed by atoms with Crippen molar-refractivity contribution in [2.75, 3.05) is 13.6 Å². The molecule has 2 heterocycles. The van der Waals surface area contributed by atoms with Crippen molar-refractivity contribution in [3.8, 4) is 5.75 Å². The molecule has 0 amide bonds. The summed E-state index contributed by atoms with van der Waals surface area (Å²) in [5.41, 5.74) is 6.21. The number of hydrogen-bond acceptors (Lipinski definition) is 4. The average molecular weight is 488 g/mol. The van der Waals surface area contributed by atoms with Gasteiger partial charge in [-0.1, -0.05) is 79.2 Å². The summed E-state index contributed by atoms with van der Waals surface area (Å²) in [6.07, 6.45) is 5.64. The second-order valence-electron chi connectivity index (χ2n) is 10.4. The van der Waals surface area contributed by atoms with Gasteiger partial charge in [-0.2, -0.15) is 0 Å². The molecule has 0 bridgehead atoms. The summed E-state index contributed by atoms with van der Waals surface area (Å²) in [6, 6.07) is 29.6. The number of aromatic nitrogens is 2. The SMILES string of the molecule is Cc1ccnc2nc3c(OC(c4ccccc4)c4ccccc4)c(CN(C)CC4CCC4)ccc3cc12. The van der Waals surface area contributed by atoms with Gasteiger partial charge >= 0.3 is 0 Å². The molecule has 186 valence electrons. The standard InChI is InChI=1S/C33H33N3O/c1-23-18-19-34-33-29(23)20-27-16-17-28(22-36(2)21-24-10-9-11-24)32(30(27)35-33)37-31(25-12-5-3-6-13-25)26-14-7-4-8-15-26/h3-8,12-20,24,31H,9-11,21-22H2,1-2H3. The zero-order valence-corrected chi connectivity index (χ0v) is 21.6. The monoisotopic (exact) mass is 487 g/mol. The topological polar surface area (TPSA) is 38.3 Å². The molecule has 4 nitrogen and oxygen atoms in total. The molecule has 2 aromatic heterocycles. The first kappa shape index (κ1) is 23.6. The minimum atomic E-state index is -0.244. The summed E-state index contributed by atoms with van der Waals surface area (Å²) in [4.78, 5) is 12.1. The van der Waals surface area contributed by atoms with E-state index in [2.05, 4.69) is 90.6 Å². The van der Waals surface area contributed by atoms with Crippen molar-refractivity contribution in [2.45, 2.75) is 38.8 Å². The van der Waals surface area contributed by atoms with E-state index in [9.17, 15) is 0 Å². The van der Waals surface area contributed by atoms with Crippen molar-refractivity contribution < 1.29 is 4.74 Å². The van der Waals surface area contributed by atoms with E-state index in [4.69, 9.17) is 9.72 Å². The van der Waals surface area contributed by atoms with Crippen LogP contribution in [-0.4, -0.2) is 28.5 Å². The van der Waals surface area contributed by atoms with Crippen LogP contribution in [0.15, 0.2) is 91.1 Å². The number of nitrogens with zero attached hydrogens (tertiary/aromatic N) is 3. The molecule has 0 atom stereocenters. The smallest absolute Gasteiger partial charge is 0.160 e. The van der Waals surface area contributed by atoms with E-state index in [1.807, 2.05) is 24.4 Å². The quantitative estimate of drug-likeness (QED) is 0.213. The van der Waals surface area contributed by atoms with Crippen molar-refractivity contribution in [3.63, 3.8) is 0 Å². The van der Waals surface area contributed by atoms with Crippen molar-refractivity contribution in [3.05, 3.63) is 113 Å². The van der Waals surface area contributed by atoms with Gasteiger partial charge in [0, 0.05) is 35.6 Å². The maximum atomic E-state index is 7.04. The highest BCUT2D eigenvalue weighted by Gasteiger charge is 2.23. The van der Waals surface area contributed by atoms with Crippen LogP contribution in [0.3, 0.4) is 0 Å². The first-order valence-electron chi connectivity index (χ1n) is 13.3. The van der Waals surface area contributed by atoms with Gasteiger partial charge in [-0.05, 0) is 61.6 Å². The highest BCUT2D eigenvalue weighted by molar-refractivity contribution is 5.96. The third-order valence-electron chi connectivity index (χ3n) is 7.62. The molecule has 0 radical (unpaired) electrons. The van der Waals surface area contributed by atoms with Crippen LogP contribution in [0.5, 0.6) is 5.75 Å². The van der Waals surface area contributed by atoms with Crippen LogP contribution in [0.2, 0.25) is 0 Å². The Morgan fingerprint density at radius 1 is 0.919 bits per heavy atom. The number of rotatable bonds is 8. The molecule has 1 saturated carbocycles. The fourth-order valence-corrected chi connectivity index (χ4v) is 5.37. The number of aryl methyl sites for hydroxylation is 1. The maximum absolute atomic E-state index is 7.04. The Bertz CT molecular complexity index is 1470. The lowest BCUT2D eigenvalue weighted by Crippen LogP contribution is -2.29. The second-order valence-corrected chi connectivity index (χ2v) is 10.4. The van der Waals surface area contributed by atoms with Gasteiger partial charge in [-0.25, -0.2) is 9.97 Å². The predicted octanol–water partition coefficient (Wildman–Crippen LogP) is 7.49. The third-order valence-corrected chi connectivity index (χ3v) is 7.62. The second kappa shape index (κ2) is 10.3. The minimum absolute atomic E-state index is 0.244. The molecule has 0 spiro atoms. The van der Waals surface area contributed by atoms with Gasteiger partial charge in [-0.3, -0.25) is 0 Å². The highest BCUT2D eigenvalue weighted by atomic mass is 16.5. The van der Waals surface area contributed by atoms with Crippen LogP contribution < -0.4 is 4.74 Å². The van der Waals surface area contributed by atoms with Crippen LogP contribution in [0.4, 0.5) is 0 Å². The fourth-order valence-electron chi connectivity index (χ4n) is 5.37. The van der Waals surface area contributed by atoms with Crippen LogP contribution >= 0.6 is 0 Å². The van der Waals surface area contributed by atoms with Gasteiger partial charge in [0.25, 0.3) is 0 Å². The van der Waals surface area contributed by atoms with Gasteiger partial charge in [0.05, 0.1) is 0 Å². The maximum Gasteiger partial charge on any atom is 0.160 e. The van der Waals surface area contributed by atoms with Crippen molar-refractivity contribution >= 4 is 21.9 Å².